The van der Waals surface area contributed by atoms with Crippen LogP contribution in [0.4, 0.5) is 10.1 Å². The highest BCUT2D eigenvalue weighted by atomic mass is 19.1. The summed E-state index contributed by atoms with van der Waals surface area (Å²) in [5, 5.41) is 2.77. The van der Waals surface area contributed by atoms with Crippen LogP contribution in [0.3, 0.4) is 0 Å². The molecule has 2 atom stereocenters. The van der Waals surface area contributed by atoms with Crippen molar-refractivity contribution < 1.29 is 9.18 Å². The molecular weight excluding hydrogens is 241 g/mol. The van der Waals surface area contributed by atoms with Gasteiger partial charge in [-0.15, -0.1) is 0 Å². The third-order valence-electron chi connectivity index (χ3n) is 3.45. The van der Waals surface area contributed by atoms with Gasteiger partial charge in [0.1, 0.15) is 5.82 Å². The molecule has 1 amide bonds. The summed E-state index contributed by atoms with van der Waals surface area (Å²) in [6, 6.07) is 16.0. The Morgan fingerprint density at radius 3 is 2.63 bits per heavy atom. The Morgan fingerprint density at radius 2 is 1.89 bits per heavy atom. The quantitative estimate of drug-likeness (QED) is 0.892. The Balaban J connectivity index is 1.64. The van der Waals surface area contributed by atoms with Gasteiger partial charge in [0, 0.05) is 11.6 Å². The molecule has 1 saturated carbocycles. The lowest BCUT2D eigenvalue weighted by molar-refractivity contribution is -0.117. The molecule has 1 N–H and O–H groups in total. The van der Waals surface area contributed by atoms with Crippen molar-refractivity contribution in [2.45, 2.75) is 12.3 Å². The molecule has 1 fully saturated rings. The first-order valence-corrected chi connectivity index (χ1v) is 6.35. The van der Waals surface area contributed by atoms with Crippen LogP contribution in [0.2, 0.25) is 0 Å². The molecule has 96 valence electrons. The highest BCUT2D eigenvalue weighted by Gasteiger charge is 2.43. The fraction of sp³-hybridized carbons (Fsp3) is 0.188. The summed E-state index contributed by atoms with van der Waals surface area (Å²) in [5.74, 6) is -0.0620. The van der Waals surface area contributed by atoms with Crippen LogP contribution in [-0.4, -0.2) is 5.91 Å². The lowest BCUT2D eigenvalue weighted by atomic mass is 10.1. The first kappa shape index (κ1) is 11.9. The first-order chi connectivity index (χ1) is 9.24. The van der Waals surface area contributed by atoms with Gasteiger partial charge in [0.05, 0.1) is 0 Å². The molecule has 0 spiro atoms. The molecule has 1 aliphatic rings. The third kappa shape index (κ3) is 2.65. The molecular formula is C16H14FNO. The van der Waals surface area contributed by atoms with Gasteiger partial charge in [-0.3, -0.25) is 4.79 Å². The number of benzene rings is 2. The van der Waals surface area contributed by atoms with E-state index < -0.39 is 0 Å². The summed E-state index contributed by atoms with van der Waals surface area (Å²) < 4.78 is 13.0. The SMILES string of the molecule is O=C(Nc1cccc(F)c1)[C@H]1C[C@@H]1c1ccccc1. The van der Waals surface area contributed by atoms with Gasteiger partial charge in [-0.25, -0.2) is 4.39 Å². The van der Waals surface area contributed by atoms with Crippen LogP contribution < -0.4 is 5.32 Å². The van der Waals surface area contributed by atoms with E-state index in [0.29, 0.717) is 11.6 Å². The van der Waals surface area contributed by atoms with Crippen molar-refractivity contribution in [2.75, 3.05) is 5.32 Å². The summed E-state index contributed by atoms with van der Waals surface area (Å²) in [4.78, 5) is 12.0. The molecule has 1 aliphatic carbocycles. The van der Waals surface area contributed by atoms with Gasteiger partial charge in [0.25, 0.3) is 0 Å². The van der Waals surface area contributed by atoms with Crippen LogP contribution >= 0.6 is 0 Å². The van der Waals surface area contributed by atoms with Crippen LogP contribution in [0.25, 0.3) is 0 Å². The number of halogens is 1. The standard InChI is InChI=1S/C16H14FNO/c17-12-7-4-8-13(9-12)18-16(19)15-10-14(15)11-5-2-1-3-6-11/h1-9,14-15H,10H2,(H,18,19)/t14-,15+/m1/s1. The molecule has 0 saturated heterocycles. The van der Waals surface area contributed by atoms with Gasteiger partial charge in [0.2, 0.25) is 5.91 Å². The Labute approximate surface area is 111 Å². The number of carbonyl (C=O) groups is 1. The van der Waals surface area contributed by atoms with E-state index in [2.05, 4.69) is 5.32 Å². The van der Waals surface area contributed by atoms with Crippen molar-refractivity contribution in [2.24, 2.45) is 5.92 Å². The zero-order chi connectivity index (χ0) is 13.2. The van der Waals surface area contributed by atoms with Crippen molar-refractivity contribution in [3.05, 3.63) is 66.0 Å². The van der Waals surface area contributed by atoms with E-state index in [1.54, 1.807) is 12.1 Å². The lowest BCUT2D eigenvalue weighted by Gasteiger charge is -2.05. The molecule has 0 bridgehead atoms. The second-order valence-electron chi connectivity index (χ2n) is 4.86. The van der Waals surface area contributed by atoms with Crippen LogP contribution in [0.15, 0.2) is 54.6 Å². The number of anilines is 1. The normalized spacial score (nSPS) is 20.9. The predicted octanol–water partition coefficient (Wildman–Crippen LogP) is 3.57. The fourth-order valence-electron chi connectivity index (χ4n) is 2.35. The van der Waals surface area contributed by atoms with E-state index in [4.69, 9.17) is 0 Å². The van der Waals surface area contributed by atoms with Crippen molar-refractivity contribution in [1.29, 1.82) is 0 Å². The average molecular weight is 255 g/mol. The Bertz CT molecular complexity index is 597. The monoisotopic (exact) mass is 255 g/mol. The van der Waals surface area contributed by atoms with E-state index in [0.717, 1.165) is 6.42 Å². The summed E-state index contributed by atoms with van der Waals surface area (Å²) in [6.45, 7) is 0. The minimum atomic E-state index is -0.340. The highest BCUT2D eigenvalue weighted by Crippen LogP contribution is 2.47. The van der Waals surface area contributed by atoms with Gasteiger partial charge in [-0.2, -0.15) is 0 Å². The van der Waals surface area contributed by atoms with Gasteiger partial charge in [0.15, 0.2) is 0 Å². The number of amides is 1. The van der Waals surface area contributed by atoms with Crippen molar-refractivity contribution in [3.8, 4) is 0 Å². The molecule has 3 rings (SSSR count). The summed E-state index contributed by atoms with van der Waals surface area (Å²) in [6.07, 6.45) is 0.866. The average Bonchev–Trinajstić information content (AvgIpc) is 3.20. The molecule has 2 nitrogen and oxygen atoms in total. The number of hydrogen-bond donors (Lipinski definition) is 1. The van der Waals surface area contributed by atoms with E-state index in [-0.39, 0.29) is 17.6 Å². The number of carbonyl (C=O) groups excluding carboxylic acids is 1. The van der Waals surface area contributed by atoms with Crippen LogP contribution in [0.1, 0.15) is 17.9 Å². The molecule has 0 aromatic heterocycles. The Kier molecular flexibility index (Phi) is 3.03. The van der Waals surface area contributed by atoms with Crippen LogP contribution in [0, 0.1) is 11.7 Å². The number of rotatable bonds is 3. The molecule has 3 heteroatoms. The van der Waals surface area contributed by atoms with Crippen molar-refractivity contribution in [3.63, 3.8) is 0 Å². The van der Waals surface area contributed by atoms with Crippen LogP contribution in [0.5, 0.6) is 0 Å². The topological polar surface area (TPSA) is 29.1 Å². The summed E-state index contributed by atoms with van der Waals surface area (Å²) >= 11 is 0. The summed E-state index contributed by atoms with van der Waals surface area (Å²) in [7, 11) is 0. The maximum atomic E-state index is 13.0. The van der Waals surface area contributed by atoms with Crippen molar-refractivity contribution >= 4 is 11.6 Å². The second kappa shape index (κ2) is 4.84. The minimum Gasteiger partial charge on any atom is -0.326 e. The van der Waals surface area contributed by atoms with E-state index in [1.165, 1.54) is 17.7 Å². The van der Waals surface area contributed by atoms with Gasteiger partial charge >= 0.3 is 0 Å². The molecule has 0 aliphatic heterocycles. The summed E-state index contributed by atoms with van der Waals surface area (Å²) in [5.41, 5.74) is 1.71. The Morgan fingerprint density at radius 1 is 1.11 bits per heavy atom. The maximum absolute atomic E-state index is 13.0. The zero-order valence-corrected chi connectivity index (χ0v) is 10.3. The van der Waals surface area contributed by atoms with Gasteiger partial charge in [-0.05, 0) is 36.1 Å². The number of nitrogens with one attached hydrogen (secondary N) is 1. The highest BCUT2D eigenvalue weighted by molar-refractivity contribution is 5.95. The molecule has 19 heavy (non-hydrogen) atoms. The number of hydrogen-bond acceptors (Lipinski definition) is 1. The van der Waals surface area contributed by atoms with Gasteiger partial charge < -0.3 is 5.32 Å². The lowest BCUT2D eigenvalue weighted by Crippen LogP contribution is -2.14. The second-order valence-corrected chi connectivity index (χ2v) is 4.86. The predicted molar refractivity (Wildman–Crippen MR) is 72.3 cm³/mol. The Hall–Kier alpha value is -2.16. The third-order valence-corrected chi connectivity index (χ3v) is 3.45. The van der Waals surface area contributed by atoms with Crippen LogP contribution in [-0.2, 0) is 4.79 Å². The molecule has 0 heterocycles. The zero-order valence-electron chi connectivity index (χ0n) is 10.3. The molecule has 2 aromatic carbocycles. The minimum absolute atomic E-state index is 0.00525. The smallest absolute Gasteiger partial charge is 0.228 e. The van der Waals surface area contributed by atoms with E-state index in [9.17, 15) is 9.18 Å². The largest absolute Gasteiger partial charge is 0.326 e. The van der Waals surface area contributed by atoms with Crippen molar-refractivity contribution in [1.82, 2.24) is 0 Å². The van der Waals surface area contributed by atoms with E-state index in [1.807, 2.05) is 30.3 Å². The maximum Gasteiger partial charge on any atom is 0.228 e. The molecule has 0 unspecified atom stereocenters. The molecule has 2 aromatic rings. The fourth-order valence-corrected chi connectivity index (χ4v) is 2.35. The first-order valence-electron chi connectivity index (χ1n) is 6.35. The molecule has 0 radical (unpaired) electrons. The van der Waals surface area contributed by atoms with Gasteiger partial charge in [-0.1, -0.05) is 36.4 Å². The van der Waals surface area contributed by atoms with E-state index >= 15 is 0 Å².